The Labute approximate surface area is 102 Å². The largest absolute Gasteiger partial charge is 0.325 e. The summed E-state index contributed by atoms with van der Waals surface area (Å²) >= 11 is 9.11. The topological polar surface area (TPSA) is 29.1 Å². The van der Waals surface area contributed by atoms with Crippen molar-refractivity contribution < 1.29 is 4.79 Å². The summed E-state index contributed by atoms with van der Waals surface area (Å²) in [6.45, 7) is 0. The molecule has 0 aliphatic rings. The molecule has 1 N–H and O–H groups in total. The molecular formula is C11H9BrClNO. The summed E-state index contributed by atoms with van der Waals surface area (Å²) in [4.78, 5) is 11.4. The van der Waals surface area contributed by atoms with Gasteiger partial charge in [0.25, 0.3) is 0 Å². The van der Waals surface area contributed by atoms with E-state index in [1.54, 1.807) is 18.2 Å². The molecule has 0 bridgehead atoms. The third-order valence-electron chi connectivity index (χ3n) is 1.70. The Kier molecular flexibility index (Phi) is 4.67. The Hall–Kier alpha value is -0.980. The zero-order valence-corrected chi connectivity index (χ0v) is 10.2. The second-order valence-electron chi connectivity index (χ2n) is 2.88. The Balaban J connectivity index is 2.68. The molecule has 0 spiro atoms. The zero-order valence-electron chi connectivity index (χ0n) is 7.89. The summed E-state index contributed by atoms with van der Waals surface area (Å²) in [6, 6.07) is 5.20. The third-order valence-corrected chi connectivity index (χ3v) is 2.63. The molecule has 0 aromatic heterocycles. The van der Waals surface area contributed by atoms with Gasteiger partial charge in [-0.3, -0.25) is 4.79 Å². The second kappa shape index (κ2) is 5.79. The average molecular weight is 287 g/mol. The van der Waals surface area contributed by atoms with Crippen LogP contribution < -0.4 is 5.32 Å². The molecule has 78 valence electrons. The Bertz CT molecular complexity index is 412. The molecule has 0 aliphatic heterocycles. The highest BCUT2D eigenvalue weighted by atomic mass is 79.9. The number of nitrogens with one attached hydrogen (secondary N) is 1. The van der Waals surface area contributed by atoms with Crippen LogP contribution in [0.25, 0.3) is 0 Å². The van der Waals surface area contributed by atoms with E-state index in [4.69, 9.17) is 18.0 Å². The number of anilines is 1. The smallest absolute Gasteiger partial charge is 0.225 e. The van der Waals surface area contributed by atoms with Crippen molar-refractivity contribution in [2.45, 2.75) is 12.8 Å². The van der Waals surface area contributed by atoms with Crippen LogP contribution in [-0.4, -0.2) is 5.91 Å². The second-order valence-corrected chi connectivity index (χ2v) is 4.17. The number of terminal acetylenes is 1. The van der Waals surface area contributed by atoms with Crippen molar-refractivity contribution in [1.82, 2.24) is 0 Å². The van der Waals surface area contributed by atoms with Crippen LogP contribution in [-0.2, 0) is 4.79 Å². The van der Waals surface area contributed by atoms with Crippen molar-refractivity contribution in [2.75, 3.05) is 5.32 Å². The number of amides is 1. The van der Waals surface area contributed by atoms with Crippen molar-refractivity contribution in [3.8, 4) is 12.3 Å². The van der Waals surface area contributed by atoms with Gasteiger partial charge in [-0.15, -0.1) is 12.3 Å². The summed E-state index contributed by atoms with van der Waals surface area (Å²) in [6.07, 6.45) is 5.81. The van der Waals surface area contributed by atoms with Crippen LogP contribution in [0, 0.1) is 12.3 Å². The van der Waals surface area contributed by atoms with Crippen LogP contribution >= 0.6 is 27.5 Å². The molecule has 1 amide bonds. The summed E-state index contributed by atoms with van der Waals surface area (Å²) in [5.41, 5.74) is 0.657. The van der Waals surface area contributed by atoms with Crippen molar-refractivity contribution in [3.63, 3.8) is 0 Å². The fraction of sp³-hybridized carbons (Fsp3) is 0.182. The van der Waals surface area contributed by atoms with Crippen LogP contribution in [0.15, 0.2) is 22.7 Å². The maximum atomic E-state index is 11.4. The first-order chi connectivity index (χ1) is 7.13. The minimum absolute atomic E-state index is 0.115. The van der Waals surface area contributed by atoms with E-state index in [9.17, 15) is 4.79 Å². The normalized spacial score (nSPS) is 9.40. The molecule has 0 saturated heterocycles. The summed E-state index contributed by atoms with van der Waals surface area (Å²) < 4.78 is 0.793. The molecule has 1 rings (SSSR count). The number of carbonyl (C=O) groups is 1. The highest BCUT2D eigenvalue weighted by Gasteiger charge is 2.05. The van der Waals surface area contributed by atoms with Gasteiger partial charge >= 0.3 is 0 Å². The van der Waals surface area contributed by atoms with E-state index in [0.717, 1.165) is 4.47 Å². The van der Waals surface area contributed by atoms with Gasteiger partial charge in [-0.2, -0.15) is 0 Å². The lowest BCUT2D eigenvalue weighted by Crippen LogP contribution is -2.11. The molecule has 0 radical (unpaired) electrons. The standard InChI is InChI=1S/C11H9BrClNO/c1-2-3-4-11(15)14-10-7-8(13)5-6-9(10)12/h1,5-7H,3-4H2,(H,14,15). The van der Waals surface area contributed by atoms with Crippen LogP contribution in [0.3, 0.4) is 0 Å². The average Bonchev–Trinajstić information content (AvgIpc) is 2.20. The van der Waals surface area contributed by atoms with Crippen molar-refractivity contribution >= 4 is 39.1 Å². The maximum Gasteiger partial charge on any atom is 0.225 e. The summed E-state index contributed by atoms with van der Waals surface area (Å²) in [5, 5.41) is 3.29. The number of hydrogen-bond donors (Lipinski definition) is 1. The van der Waals surface area contributed by atoms with Gasteiger partial charge in [0, 0.05) is 22.3 Å². The molecule has 2 nitrogen and oxygen atoms in total. The predicted octanol–water partition coefficient (Wildman–Crippen LogP) is 3.45. The lowest BCUT2D eigenvalue weighted by molar-refractivity contribution is -0.116. The van der Waals surface area contributed by atoms with E-state index in [-0.39, 0.29) is 5.91 Å². The van der Waals surface area contributed by atoms with Crippen LogP contribution in [0.4, 0.5) is 5.69 Å². The molecule has 0 aliphatic carbocycles. The van der Waals surface area contributed by atoms with E-state index in [1.165, 1.54) is 0 Å². The van der Waals surface area contributed by atoms with Crippen molar-refractivity contribution in [3.05, 3.63) is 27.7 Å². The van der Waals surface area contributed by atoms with E-state index in [0.29, 0.717) is 23.6 Å². The zero-order chi connectivity index (χ0) is 11.3. The van der Waals surface area contributed by atoms with E-state index in [1.807, 2.05) is 0 Å². The molecule has 1 aromatic rings. The predicted molar refractivity (Wildman–Crippen MR) is 65.8 cm³/mol. The summed E-state index contributed by atoms with van der Waals surface area (Å²) in [5.74, 6) is 2.30. The van der Waals surface area contributed by atoms with E-state index < -0.39 is 0 Å². The SMILES string of the molecule is C#CCCC(=O)Nc1cc(Cl)ccc1Br. The first kappa shape index (κ1) is 12.1. The highest BCUT2D eigenvalue weighted by Crippen LogP contribution is 2.25. The van der Waals surface area contributed by atoms with Gasteiger partial charge in [0.2, 0.25) is 5.91 Å². The quantitative estimate of drug-likeness (QED) is 0.847. The highest BCUT2D eigenvalue weighted by molar-refractivity contribution is 9.10. The monoisotopic (exact) mass is 285 g/mol. The van der Waals surface area contributed by atoms with Gasteiger partial charge in [-0.05, 0) is 34.1 Å². The molecule has 4 heteroatoms. The van der Waals surface area contributed by atoms with E-state index in [2.05, 4.69) is 27.2 Å². The minimum atomic E-state index is -0.115. The number of hydrogen-bond acceptors (Lipinski definition) is 1. The number of carbonyl (C=O) groups excluding carboxylic acids is 1. The van der Waals surface area contributed by atoms with Crippen LogP contribution in [0.1, 0.15) is 12.8 Å². The van der Waals surface area contributed by atoms with E-state index >= 15 is 0 Å². The first-order valence-electron chi connectivity index (χ1n) is 4.32. The molecule has 0 heterocycles. The van der Waals surface area contributed by atoms with Gasteiger partial charge in [-0.25, -0.2) is 0 Å². The number of halogens is 2. The van der Waals surface area contributed by atoms with Gasteiger partial charge in [-0.1, -0.05) is 11.6 Å². The summed E-state index contributed by atoms with van der Waals surface area (Å²) in [7, 11) is 0. The fourth-order valence-electron chi connectivity index (χ4n) is 0.992. The molecule has 1 aromatic carbocycles. The van der Waals surface area contributed by atoms with Crippen molar-refractivity contribution in [2.24, 2.45) is 0 Å². The molecule has 15 heavy (non-hydrogen) atoms. The van der Waals surface area contributed by atoms with Gasteiger partial charge in [0.05, 0.1) is 5.69 Å². The molecule has 0 fully saturated rings. The third kappa shape index (κ3) is 3.94. The molecule has 0 unspecified atom stereocenters. The number of benzene rings is 1. The first-order valence-corrected chi connectivity index (χ1v) is 5.49. The molecular weight excluding hydrogens is 277 g/mol. The maximum absolute atomic E-state index is 11.4. The Morgan fingerprint density at radius 2 is 2.33 bits per heavy atom. The van der Waals surface area contributed by atoms with Gasteiger partial charge < -0.3 is 5.32 Å². The Morgan fingerprint density at radius 1 is 1.60 bits per heavy atom. The van der Waals surface area contributed by atoms with Crippen molar-refractivity contribution in [1.29, 1.82) is 0 Å². The van der Waals surface area contributed by atoms with Crippen LogP contribution in [0.5, 0.6) is 0 Å². The molecule has 0 saturated carbocycles. The van der Waals surface area contributed by atoms with Crippen LogP contribution in [0.2, 0.25) is 5.02 Å². The fourth-order valence-corrected chi connectivity index (χ4v) is 1.51. The molecule has 0 atom stereocenters. The van der Waals surface area contributed by atoms with Gasteiger partial charge in [0.1, 0.15) is 0 Å². The Morgan fingerprint density at radius 3 is 3.00 bits per heavy atom. The van der Waals surface area contributed by atoms with Gasteiger partial charge in [0.15, 0.2) is 0 Å². The lowest BCUT2D eigenvalue weighted by Gasteiger charge is -2.06. The number of rotatable bonds is 3. The lowest BCUT2D eigenvalue weighted by atomic mass is 10.2. The minimum Gasteiger partial charge on any atom is -0.325 e.